The van der Waals surface area contributed by atoms with E-state index < -0.39 is 0 Å². The summed E-state index contributed by atoms with van der Waals surface area (Å²) in [6.45, 7) is 4.24. The molecule has 0 spiro atoms. The van der Waals surface area contributed by atoms with Crippen LogP contribution in [0.25, 0.3) is 5.70 Å². The van der Waals surface area contributed by atoms with E-state index in [1.807, 2.05) is 12.1 Å². The van der Waals surface area contributed by atoms with Crippen LogP contribution in [0, 0.1) is 0 Å². The average molecular weight is 419 g/mol. The number of carbonyl (C=O) groups excluding carboxylic acids is 2. The summed E-state index contributed by atoms with van der Waals surface area (Å²) in [6, 6.07) is 13.2. The number of rotatable bonds is 5. The standard InChI is InChI=1S/C26H30N2O3/c1-26(2)16-19-12-13-21(31-3)14-22(19)23(28-26)15-24(29)17-8-10-18(11-9-17)25(30)27-20-6-4-5-7-20/h8-15,20,28H,4-7,16H2,1-3H3,(H,27,30). The van der Waals surface area contributed by atoms with Gasteiger partial charge in [0.15, 0.2) is 5.78 Å². The van der Waals surface area contributed by atoms with Crippen molar-refractivity contribution < 1.29 is 14.3 Å². The second-order valence-electron chi connectivity index (χ2n) is 9.16. The van der Waals surface area contributed by atoms with Crippen LogP contribution in [0.15, 0.2) is 48.5 Å². The number of carbonyl (C=O) groups is 2. The highest BCUT2D eigenvalue weighted by Crippen LogP contribution is 2.32. The summed E-state index contributed by atoms with van der Waals surface area (Å²) in [5.74, 6) is 0.592. The molecule has 162 valence electrons. The molecular formula is C26H30N2O3. The van der Waals surface area contributed by atoms with Crippen LogP contribution >= 0.6 is 0 Å². The van der Waals surface area contributed by atoms with E-state index in [9.17, 15) is 9.59 Å². The van der Waals surface area contributed by atoms with Gasteiger partial charge in [-0.25, -0.2) is 0 Å². The van der Waals surface area contributed by atoms with Gasteiger partial charge in [0, 0.05) is 40.0 Å². The molecule has 4 rings (SSSR count). The molecule has 5 heteroatoms. The third-order valence-electron chi connectivity index (χ3n) is 6.11. The lowest BCUT2D eigenvalue weighted by Gasteiger charge is -2.35. The third-order valence-corrected chi connectivity index (χ3v) is 6.11. The van der Waals surface area contributed by atoms with E-state index in [1.165, 1.54) is 18.4 Å². The highest BCUT2D eigenvalue weighted by molar-refractivity contribution is 6.09. The minimum Gasteiger partial charge on any atom is -0.497 e. The largest absolute Gasteiger partial charge is 0.497 e. The van der Waals surface area contributed by atoms with Gasteiger partial charge in [-0.3, -0.25) is 9.59 Å². The zero-order chi connectivity index (χ0) is 22.0. The second kappa shape index (κ2) is 8.58. The van der Waals surface area contributed by atoms with Crippen molar-refractivity contribution in [1.82, 2.24) is 10.6 Å². The van der Waals surface area contributed by atoms with Crippen molar-refractivity contribution in [2.45, 2.75) is 57.5 Å². The molecule has 1 aliphatic heterocycles. The Balaban J connectivity index is 1.55. The van der Waals surface area contributed by atoms with Crippen LogP contribution in [0.4, 0.5) is 0 Å². The lowest BCUT2D eigenvalue weighted by Crippen LogP contribution is -2.43. The van der Waals surface area contributed by atoms with Crippen LogP contribution < -0.4 is 15.4 Å². The Morgan fingerprint density at radius 2 is 1.74 bits per heavy atom. The number of allylic oxidation sites excluding steroid dienone is 1. The van der Waals surface area contributed by atoms with Crippen LogP contribution in [-0.4, -0.2) is 30.4 Å². The van der Waals surface area contributed by atoms with Crippen LogP contribution in [0.1, 0.15) is 71.4 Å². The first kappa shape index (κ1) is 21.2. The van der Waals surface area contributed by atoms with Gasteiger partial charge in [0.25, 0.3) is 5.91 Å². The lowest BCUT2D eigenvalue weighted by molar-refractivity contribution is 0.0936. The Kier molecular flexibility index (Phi) is 5.86. The SMILES string of the molecule is COc1ccc2c(c1)C(=CC(=O)c1ccc(C(=O)NC3CCCC3)cc1)NC(C)(C)C2. The number of amides is 1. The summed E-state index contributed by atoms with van der Waals surface area (Å²) in [4.78, 5) is 25.4. The normalized spacial score (nSPS) is 18.9. The second-order valence-corrected chi connectivity index (χ2v) is 9.16. The fourth-order valence-electron chi connectivity index (χ4n) is 4.49. The Labute approximate surface area is 183 Å². The maximum atomic E-state index is 13.0. The monoisotopic (exact) mass is 418 g/mol. The first-order chi connectivity index (χ1) is 14.8. The zero-order valence-electron chi connectivity index (χ0n) is 18.5. The minimum absolute atomic E-state index is 0.0685. The first-order valence-electron chi connectivity index (χ1n) is 11.0. The Hall–Kier alpha value is -3.08. The molecule has 0 unspecified atom stereocenters. The predicted octanol–water partition coefficient (Wildman–Crippen LogP) is 4.52. The van der Waals surface area contributed by atoms with Crippen LogP contribution in [0.2, 0.25) is 0 Å². The molecule has 0 radical (unpaired) electrons. The number of methoxy groups -OCH3 is 1. The van der Waals surface area contributed by atoms with Gasteiger partial charge in [-0.1, -0.05) is 31.0 Å². The molecule has 2 aromatic carbocycles. The number of hydrogen-bond acceptors (Lipinski definition) is 4. The van der Waals surface area contributed by atoms with E-state index in [2.05, 4.69) is 30.5 Å². The maximum Gasteiger partial charge on any atom is 0.251 e. The molecule has 0 saturated heterocycles. The van der Waals surface area contributed by atoms with Crippen LogP contribution in [-0.2, 0) is 6.42 Å². The molecule has 0 atom stereocenters. The van der Waals surface area contributed by atoms with E-state index in [0.717, 1.165) is 36.3 Å². The highest BCUT2D eigenvalue weighted by atomic mass is 16.5. The molecule has 0 bridgehead atoms. The van der Waals surface area contributed by atoms with Crippen LogP contribution in [0.3, 0.4) is 0 Å². The molecule has 1 fully saturated rings. The number of benzene rings is 2. The van der Waals surface area contributed by atoms with Crippen molar-refractivity contribution in [3.05, 3.63) is 70.8 Å². The van der Waals surface area contributed by atoms with E-state index in [-0.39, 0.29) is 23.3 Å². The Bertz CT molecular complexity index is 1020. The number of fused-ring (bicyclic) bond motifs is 1. The summed E-state index contributed by atoms with van der Waals surface area (Å²) >= 11 is 0. The number of ether oxygens (including phenoxy) is 1. The van der Waals surface area contributed by atoms with Gasteiger partial charge in [-0.2, -0.15) is 0 Å². The number of hydrogen-bond donors (Lipinski definition) is 2. The lowest BCUT2D eigenvalue weighted by atomic mass is 9.85. The fourth-order valence-corrected chi connectivity index (χ4v) is 4.49. The topological polar surface area (TPSA) is 67.4 Å². The highest BCUT2D eigenvalue weighted by Gasteiger charge is 2.28. The fraction of sp³-hybridized carbons (Fsp3) is 0.385. The smallest absolute Gasteiger partial charge is 0.251 e. The molecule has 2 aromatic rings. The van der Waals surface area contributed by atoms with Crippen molar-refractivity contribution in [2.75, 3.05) is 7.11 Å². The molecule has 1 aliphatic carbocycles. The molecule has 2 aliphatic rings. The number of ketones is 1. The van der Waals surface area contributed by atoms with Gasteiger partial charge in [0.05, 0.1) is 7.11 Å². The maximum absolute atomic E-state index is 13.0. The zero-order valence-corrected chi connectivity index (χ0v) is 18.5. The van der Waals surface area contributed by atoms with Gasteiger partial charge in [0.1, 0.15) is 5.75 Å². The molecule has 1 amide bonds. The van der Waals surface area contributed by atoms with Gasteiger partial charge in [0.2, 0.25) is 0 Å². The summed E-state index contributed by atoms with van der Waals surface area (Å²) in [5, 5.41) is 6.57. The van der Waals surface area contributed by atoms with Crippen molar-refractivity contribution in [2.24, 2.45) is 0 Å². The molecule has 5 nitrogen and oxygen atoms in total. The summed E-state index contributed by atoms with van der Waals surface area (Å²) in [6.07, 6.45) is 6.95. The van der Waals surface area contributed by atoms with Gasteiger partial charge < -0.3 is 15.4 Å². The Morgan fingerprint density at radius 1 is 1.06 bits per heavy atom. The van der Waals surface area contributed by atoms with E-state index in [4.69, 9.17) is 4.74 Å². The van der Waals surface area contributed by atoms with E-state index in [0.29, 0.717) is 11.1 Å². The van der Waals surface area contributed by atoms with Gasteiger partial charge in [-0.05, 0) is 62.9 Å². The predicted molar refractivity (Wildman–Crippen MR) is 122 cm³/mol. The van der Waals surface area contributed by atoms with E-state index in [1.54, 1.807) is 37.5 Å². The molecule has 2 N–H and O–H groups in total. The molecule has 1 saturated carbocycles. The van der Waals surface area contributed by atoms with Gasteiger partial charge >= 0.3 is 0 Å². The van der Waals surface area contributed by atoms with Crippen LogP contribution in [0.5, 0.6) is 5.75 Å². The van der Waals surface area contributed by atoms with Crippen molar-refractivity contribution >= 4 is 17.4 Å². The van der Waals surface area contributed by atoms with Crippen molar-refractivity contribution in [3.63, 3.8) is 0 Å². The summed E-state index contributed by atoms with van der Waals surface area (Å²) < 4.78 is 5.38. The summed E-state index contributed by atoms with van der Waals surface area (Å²) in [7, 11) is 1.64. The number of nitrogens with one attached hydrogen (secondary N) is 2. The van der Waals surface area contributed by atoms with Gasteiger partial charge in [-0.15, -0.1) is 0 Å². The minimum atomic E-state index is -0.157. The molecule has 31 heavy (non-hydrogen) atoms. The molecular weight excluding hydrogens is 388 g/mol. The van der Waals surface area contributed by atoms with Crippen molar-refractivity contribution in [3.8, 4) is 5.75 Å². The molecule has 1 heterocycles. The quantitative estimate of drug-likeness (QED) is 0.554. The Morgan fingerprint density at radius 3 is 2.42 bits per heavy atom. The van der Waals surface area contributed by atoms with Crippen molar-refractivity contribution in [1.29, 1.82) is 0 Å². The van der Waals surface area contributed by atoms with E-state index >= 15 is 0 Å². The average Bonchev–Trinajstić information content (AvgIpc) is 3.26. The first-order valence-corrected chi connectivity index (χ1v) is 11.0. The third kappa shape index (κ3) is 4.82. The molecule has 0 aromatic heterocycles. The summed E-state index contributed by atoms with van der Waals surface area (Å²) in [5.41, 5.74) is 3.94.